The van der Waals surface area contributed by atoms with Crippen molar-refractivity contribution in [1.29, 1.82) is 0 Å². The molecule has 20 heavy (non-hydrogen) atoms. The van der Waals surface area contributed by atoms with Gasteiger partial charge in [0.25, 0.3) is 0 Å². The fourth-order valence-corrected chi connectivity index (χ4v) is 5.83. The summed E-state index contributed by atoms with van der Waals surface area (Å²) in [5.41, 5.74) is 0.0917. The van der Waals surface area contributed by atoms with Crippen LogP contribution in [0.4, 0.5) is 0 Å². The maximum atomic E-state index is 12.2. The van der Waals surface area contributed by atoms with E-state index < -0.39 is 10.0 Å². The van der Waals surface area contributed by atoms with Gasteiger partial charge in [-0.05, 0) is 46.8 Å². The van der Waals surface area contributed by atoms with E-state index in [1.54, 1.807) is 0 Å². The van der Waals surface area contributed by atoms with Gasteiger partial charge in [0, 0.05) is 12.6 Å². The van der Waals surface area contributed by atoms with E-state index in [4.69, 9.17) is 11.6 Å². The molecule has 2 heterocycles. The molecule has 2 rings (SSSR count). The third-order valence-electron chi connectivity index (χ3n) is 3.70. The monoisotopic (exact) mass is 400 g/mol. The van der Waals surface area contributed by atoms with Crippen LogP contribution in [-0.2, 0) is 10.0 Å². The molecule has 1 atom stereocenters. The SMILES string of the molecule is CC1(C)CCCNC1CNS(=O)(=O)c1cc(Cl)c(Br)s1. The van der Waals surface area contributed by atoms with Crippen LogP contribution in [-0.4, -0.2) is 27.5 Å². The molecule has 0 bridgehead atoms. The highest BCUT2D eigenvalue weighted by atomic mass is 79.9. The van der Waals surface area contributed by atoms with E-state index in [2.05, 4.69) is 39.8 Å². The van der Waals surface area contributed by atoms with Gasteiger partial charge in [0.05, 0.1) is 8.81 Å². The summed E-state index contributed by atoms with van der Waals surface area (Å²) in [4.78, 5) is 0. The number of rotatable bonds is 4. The number of hydrogen-bond acceptors (Lipinski definition) is 4. The molecule has 4 nitrogen and oxygen atoms in total. The normalized spacial score (nSPS) is 22.9. The fraction of sp³-hybridized carbons (Fsp3) is 0.667. The molecule has 0 saturated carbocycles. The minimum Gasteiger partial charge on any atom is -0.312 e. The Morgan fingerprint density at radius 3 is 2.85 bits per heavy atom. The van der Waals surface area contributed by atoms with E-state index in [9.17, 15) is 8.42 Å². The van der Waals surface area contributed by atoms with Gasteiger partial charge in [-0.25, -0.2) is 13.1 Å². The van der Waals surface area contributed by atoms with Crippen molar-refractivity contribution in [2.45, 2.75) is 36.9 Å². The minimum atomic E-state index is -3.50. The van der Waals surface area contributed by atoms with Crippen LogP contribution < -0.4 is 10.0 Å². The van der Waals surface area contributed by atoms with Crippen LogP contribution in [0.25, 0.3) is 0 Å². The van der Waals surface area contributed by atoms with Crippen LogP contribution in [0.15, 0.2) is 14.1 Å². The van der Waals surface area contributed by atoms with Crippen LogP contribution in [0, 0.1) is 5.41 Å². The third kappa shape index (κ3) is 3.75. The molecule has 0 amide bonds. The summed E-state index contributed by atoms with van der Waals surface area (Å²) in [6, 6.07) is 1.61. The van der Waals surface area contributed by atoms with Gasteiger partial charge in [-0.1, -0.05) is 25.4 Å². The van der Waals surface area contributed by atoms with Crippen molar-refractivity contribution in [1.82, 2.24) is 10.0 Å². The van der Waals surface area contributed by atoms with E-state index in [1.165, 1.54) is 6.07 Å². The molecular formula is C12H18BrClN2O2S2. The summed E-state index contributed by atoms with van der Waals surface area (Å²) in [6.07, 6.45) is 2.23. The molecule has 1 saturated heterocycles. The van der Waals surface area contributed by atoms with Crippen LogP contribution in [0.1, 0.15) is 26.7 Å². The Morgan fingerprint density at radius 1 is 1.60 bits per heavy atom. The predicted octanol–water partition coefficient (Wildman–Crippen LogP) is 3.22. The summed E-state index contributed by atoms with van der Waals surface area (Å²) >= 11 is 10.2. The van der Waals surface area contributed by atoms with Crippen molar-refractivity contribution in [3.8, 4) is 0 Å². The molecule has 2 N–H and O–H groups in total. The van der Waals surface area contributed by atoms with Crippen LogP contribution in [0.3, 0.4) is 0 Å². The Hall–Kier alpha value is 0.340. The van der Waals surface area contributed by atoms with Gasteiger partial charge in [0.15, 0.2) is 0 Å². The number of halogens is 2. The van der Waals surface area contributed by atoms with Crippen molar-refractivity contribution in [3.05, 3.63) is 14.9 Å². The molecule has 0 aromatic carbocycles. The number of nitrogens with one attached hydrogen (secondary N) is 2. The molecule has 8 heteroatoms. The molecule has 1 fully saturated rings. The zero-order valence-corrected chi connectivity index (χ0v) is 15.3. The molecule has 1 aromatic heterocycles. The zero-order chi connectivity index (χ0) is 15.0. The molecule has 0 aliphatic carbocycles. The average Bonchev–Trinajstić information content (AvgIpc) is 2.69. The van der Waals surface area contributed by atoms with Crippen molar-refractivity contribution in [2.24, 2.45) is 5.41 Å². The lowest BCUT2D eigenvalue weighted by atomic mass is 9.78. The first-order chi connectivity index (χ1) is 9.22. The molecule has 1 aliphatic rings. The summed E-state index contributed by atoms with van der Waals surface area (Å²) in [5.74, 6) is 0. The van der Waals surface area contributed by atoms with E-state index in [0.717, 1.165) is 30.7 Å². The standard InChI is InChI=1S/C12H18BrClN2O2S2/c1-12(2)4-3-5-15-9(12)7-16-20(17,18)10-6-8(14)11(13)19-10/h6,9,15-16H,3-5,7H2,1-2H3. The molecule has 1 unspecified atom stereocenters. The lowest BCUT2D eigenvalue weighted by Crippen LogP contribution is -2.52. The Labute approximate surface area is 137 Å². The molecular weight excluding hydrogens is 384 g/mol. The molecule has 1 aromatic rings. The first-order valence-electron chi connectivity index (χ1n) is 6.40. The second-order valence-corrected chi connectivity index (χ2v) is 10.4. The molecule has 0 spiro atoms. The van der Waals surface area contributed by atoms with Crippen LogP contribution >= 0.6 is 38.9 Å². The van der Waals surface area contributed by atoms with E-state index >= 15 is 0 Å². The van der Waals surface area contributed by atoms with Gasteiger partial charge < -0.3 is 5.32 Å². The van der Waals surface area contributed by atoms with Crippen molar-refractivity contribution < 1.29 is 8.42 Å². The second kappa shape index (κ2) is 6.22. The Kier molecular flexibility index (Phi) is 5.20. The lowest BCUT2D eigenvalue weighted by Gasteiger charge is -2.39. The number of piperidine rings is 1. The van der Waals surface area contributed by atoms with Crippen molar-refractivity contribution in [2.75, 3.05) is 13.1 Å². The summed E-state index contributed by atoms with van der Waals surface area (Å²) in [5, 5.41) is 3.81. The third-order valence-corrected chi connectivity index (χ3v) is 8.07. The quantitative estimate of drug-likeness (QED) is 0.814. The molecule has 0 radical (unpaired) electrons. The maximum Gasteiger partial charge on any atom is 0.250 e. The zero-order valence-electron chi connectivity index (χ0n) is 11.4. The van der Waals surface area contributed by atoms with Gasteiger partial charge in [0.1, 0.15) is 4.21 Å². The summed E-state index contributed by atoms with van der Waals surface area (Å²) < 4.78 is 28.0. The van der Waals surface area contributed by atoms with Gasteiger partial charge in [-0.2, -0.15) is 0 Å². The average molecular weight is 402 g/mol. The Balaban J connectivity index is 2.06. The minimum absolute atomic E-state index is 0.0917. The maximum absolute atomic E-state index is 12.2. The largest absolute Gasteiger partial charge is 0.312 e. The number of hydrogen-bond donors (Lipinski definition) is 2. The van der Waals surface area contributed by atoms with Crippen LogP contribution in [0.5, 0.6) is 0 Å². The van der Waals surface area contributed by atoms with E-state index in [1.807, 2.05) is 0 Å². The van der Waals surface area contributed by atoms with Crippen molar-refractivity contribution >= 4 is 48.9 Å². The smallest absolute Gasteiger partial charge is 0.250 e. The number of thiophene rings is 1. The topological polar surface area (TPSA) is 58.2 Å². The van der Waals surface area contributed by atoms with Gasteiger partial charge in [0.2, 0.25) is 10.0 Å². The highest BCUT2D eigenvalue weighted by Gasteiger charge is 2.33. The fourth-order valence-electron chi connectivity index (χ4n) is 2.34. The van der Waals surface area contributed by atoms with Crippen molar-refractivity contribution in [3.63, 3.8) is 0 Å². The van der Waals surface area contributed by atoms with Gasteiger partial charge >= 0.3 is 0 Å². The first kappa shape index (κ1) is 16.7. The van der Waals surface area contributed by atoms with E-state index in [-0.39, 0.29) is 15.7 Å². The van der Waals surface area contributed by atoms with Gasteiger partial charge in [-0.15, -0.1) is 11.3 Å². The first-order valence-corrected chi connectivity index (χ1v) is 9.87. The lowest BCUT2D eigenvalue weighted by molar-refractivity contribution is 0.182. The summed E-state index contributed by atoms with van der Waals surface area (Å²) in [7, 11) is -3.50. The molecule has 114 valence electrons. The Morgan fingerprint density at radius 2 is 2.30 bits per heavy atom. The second-order valence-electron chi connectivity index (χ2n) is 5.64. The predicted molar refractivity (Wildman–Crippen MR) is 87.0 cm³/mol. The molecule has 1 aliphatic heterocycles. The van der Waals surface area contributed by atoms with E-state index in [0.29, 0.717) is 15.4 Å². The number of sulfonamides is 1. The van der Waals surface area contributed by atoms with Gasteiger partial charge in [-0.3, -0.25) is 0 Å². The highest BCUT2D eigenvalue weighted by molar-refractivity contribution is 9.11. The van der Waals surface area contributed by atoms with Crippen LogP contribution in [0.2, 0.25) is 5.02 Å². The Bertz CT molecular complexity index is 567. The highest BCUT2D eigenvalue weighted by Crippen LogP contribution is 2.35. The summed E-state index contributed by atoms with van der Waals surface area (Å²) in [6.45, 7) is 5.65.